The molecule has 2 amide bonds. The van der Waals surface area contributed by atoms with E-state index >= 15 is 0 Å². The lowest BCUT2D eigenvalue weighted by Gasteiger charge is -2.38. The van der Waals surface area contributed by atoms with Crippen molar-refractivity contribution in [3.05, 3.63) is 23.8 Å². The van der Waals surface area contributed by atoms with Crippen LogP contribution in [0.2, 0.25) is 0 Å². The van der Waals surface area contributed by atoms with Crippen LogP contribution in [0.4, 0.5) is 5.69 Å². The lowest BCUT2D eigenvalue weighted by molar-refractivity contribution is -0.150. The minimum absolute atomic E-state index is 0.0294. The molecule has 3 heterocycles. The fourth-order valence-corrected chi connectivity index (χ4v) is 5.26. The van der Waals surface area contributed by atoms with Crippen molar-refractivity contribution in [3.8, 4) is 5.75 Å². The van der Waals surface area contributed by atoms with Crippen molar-refractivity contribution in [2.75, 3.05) is 45.2 Å². The summed E-state index contributed by atoms with van der Waals surface area (Å²) >= 11 is 0. The summed E-state index contributed by atoms with van der Waals surface area (Å²) in [5.41, 5.74) is 1.81. The number of likely N-dealkylation sites (N-methyl/N-ethyl adjacent to an activating group) is 1. The fourth-order valence-electron chi connectivity index (χ4n) is 5.26. The number of nitrogens with zero attached hydrogens (tertiary/aromatic N) is 2. The number of rotatable bonds is 5. The predicted molar refractivity (Wildman–Crippen MR) is 119 cm³/mol. The van der Waals surface area contributed by atoms with E-state index in [0.29, 0.717) is 12.8 Å². The van der Waals surface area contributed by atoms with Gasteiger partial charge in [-0.25, -0.2) is 0 Å². The van der Waals surface area contributed by atoms with E-state index in [4.69, 9.17) is 9.47 Å². The number of nitrogens with one attached hydrogen (secondary N) is 1. The molecule has 1 aromatic carbocycles. The molecule has 1 saturated carbocycles. The Morgan fingerprint density at radius 2 is 1.97 bits per heavy atom. The van der Waals surface area contributed by atoms with Crippen LogP contribution in [0.15, 0.2) is 18.2 Å². The van der Waals surface area contributed by atoms with Gasteiger partial charge in [0.2, 0.25) is 11.8 Å². The second-order valence-corrected chi connectivity index (χ2v) is 9.66. The first-order valence-electron chi connectivity index (χ1n) is 11.9. The number of carbonyl (C=O) groups excluding carboxylic acids is 2. The van der Waals surface area contributed by atoms with E-state index in [2.05, 4.69) is 17.3 Å². The molecule has 4 atom stereocenters. The molecule has 0 bridgehead atoms. The molecule has 0 unspecified atom stereocenters. The van der Waals surface area contributed by atoms with E-state index in [1.807, 2.05) is 23.1 Å². The van der Waals surface area contributed by atoms with Crippen molar-refractivity contribution < 1.29 is 24.2 Å². The summed E-state index contributed by atoms with van der Waals surface area (Å²) < 4.78 is 12.2. The summed E-state index contributed by atoms with van der Waals surface area (Å²) in [5.74, 6) is 1.12. The van der Waals surface area contributed by atoms with Crippen molar-refractivity contribution in [3.63, 3.8) is 0 Å². The molecule has 0 radical (unpaired) electrons. The maximum absolute atomic E-state index is 12.9. The molecule has 1 aliphatic carbocycles. The smallest absolute Gasteiger partial charge is 0.227 e. The maximum atomic E-state index is 12.9. The Morgan fingerprint density at radius 1 is 1.19 bits per heavy atom. The first-order valence-corrected chi connectivity index (χ1v) is 11.9. The highest BCUT2D eigenvalue weighted by Gasteiger charge is 2.46. The van der Waals surface area contributed by atoms with Crippen LogP contribution in [0.5, 0.6) is 5.75 Å². The Balaban J connectivity index is 1.28. The van der Waals surface area contributed by atoms with Gasteiger partial charge in [0.1, 0.15) is 18.0 Å². The van der Waals surface area contributed by atoms with Crippen molar-refractivity contribution in [2.45, 2.75) is 56.3 Å². The zero-order valence-electron chi connectivity index (χ0n) is 18.7. The van der Waals surface area contributed by atoms with E-state index in [0.717, 1.165) is 62.4 Å². The molecule has 4 aliphatic rings. The second kappa shape index (κ2) is 9.00. The van der Waals surface area contributed by atoms with Gasteiger partial charge in [0.25, 0.3) is 0 Å². The quantitative estimate of drug-likeness (QED) is 0.718. The third kappa shape index (κ3) is 4.23. The van der Waals surface area contributed by atoms with Crippen molar-refractivity contribution in [1.29, 1.82) is 0 Å². The molecule has 8 heteroatoms. The zero-order valence-corrected chi connectivity index (χ0v) is 18.7. The maximum Gasteiger partial charge on any atom is 0.227 e. The number of aliphatic hydroxyl groups is 1. The van der Waals surface area contributed by atoms with Crippen LogP contribution >= 0.6 is 0 Å². The average Bonchev–Trinajstić information content (AvgIpc) is 3.10. The van der Waals surface area contributed by atoms with Gasteiger partial charge in [0.05, 0.1) is 19.1 Å². The summed E-state index contributed by atoms with van der Waals surface area (Å²) in [5, 5.41) is 13.0. The van der Waals surface area contributed by atoms with Gasteiger partial charge in [-0.3, -0.25) is 9.59 Å². The molecule has 2 saturated heterocycles. The SMILES string of the molecule is CN1CCN(C(=O)C[C@@H]2C[C@@H]3c4cc(NC(=O)C5CCC5)ccc4O[C@@H]3[C@@H](CO)O2)CC1. The van der Waals surface area contributed by atoms with E-state index in [1.54, 1.807) is 0 Å². The largest absolute Gasteiger partial charge is 0.487 e. The molecule has 8 nitrogen and oxygen atoms in total. The number of aliphatic hydroxyl groups excluding tert-OH is 1. The summed E-state index contributed by atoms with van der Waals surface area (Å²) in [6, 6.07) is 5.76. The van der Waals surface area contributed by atoms with Gasteiger partial charge < -0.3 is 29.7 Å². The first kappa shape index (κ1) is 21.7. The van der Waals surface area contributed by atoms with Gasteiger partial charge in [-0.1, -0.05) is 6.42 Å². The van der Waals surface area contributed by atoms with Crippen molar-refractivity contribution in [2.24, 2.45) is 5.92 Å². The number of piperazine rings is 1. The summed E-state index contributed by atoms with van der Waals surface area (Å²) in [6.45, 7) is 3.11. The van der Waals surface area contributed by atoms with Crippen LogP contribution in [0.3, 0.4) is 0 Å². The standard InChI is InChI=1S/C24H33N3O5/c1-26-7-9-27(10-8-26)22(29)13-17-12-19-18-11-16(25-24(30)15-3-2-4-15)5-6-20(18)32-23(19)21(14-28)31-17/h5-6,11,15,17,19,21,23,28H,2-4,7-10,12-14H2,1H3,(H,25,30)/t17-,19+,21+,23-/m0/s1. The third-order valence-corrected chi connectivity index (χ3v) is 7.50. The third-order valence-electron chi connectivity index (χ3n) is 7.50. The van der Waals surface area contributed by atoms with Gasteiger partial charge in [-0.2, -0.15) is 0 Å². The Labute approximate surface area is 188 Å². The van der Waals surface area contributed by atoms with E-state index < -0.39 is 6.10 Å². The van der Waals surface area contributed by atoms with Crippen molar-refractivity contribution in [1.82, 2.24) is 9.80 Å². The van der Waals surface area contributed by atoms with Gasteiger partial charge in [0.15, 0.2) is 0 Å². The number of ether oxygens (including phenoxy) is 2. The number of fused-ring (bicyclic) bond motifs is 3. The molecule has 1 aromatic rings. The summed E-state index contributed by atoms with van der Waals surface area (Å²) in [7, 11) is 2.07. The molecular weight excluding hydrogens is 410 g/mol. The monoisotopic (exact) mass is 443 g/mol. The van der Waals surface area contributed by atoms with Crippen LogP contribution in [-0.4, -0.2) is 84.9 Å². The lowest BCUT2D eigenvalue weighted by Crippen LogP contribution is -2.50. The number of hydrogen-bond acceptors (Lipinski definition) is 6. The predicted octanol–water partition coefficient (Wildman–Crippen LogP) is 1.58. The molecule has 3 aliphatic heterocycles. The summed E-state index contributed by atoms with van der Waals surface area (Å²) in [6.07, 6.45) is 3.01. The Bertz CT molecular complexity index is 865. The molecule has 0 spiro atoms. The minimum Gasteiger partial charge on any atom is -0.487 e. The second-order valence-electron chi connectivity index (χ2n) is 9.66. The van der Waals surface area contributed by atoms with E-state index in [-0.39, 0.29) is 42.5 Å². The normalized spacial score (nSPS) is 30.1. The van der Waals surface area contributed by atoms with Crippen LogP contribution in [-0.2, 0) is 14.3 Å². The number of carbonyl (C=O) groups is 2. The number of hydrogen-bond donors (Lipinski definition) is 2. The number of anilines is 1. The van der Waals surface area contributed by atoms with Crippen LogP contribution < -0.4 is 10.1 Å². The molecule has 174 valence electrons. The Morgan fingerprint density at radius 3 is 2.66 bits per heavy atom. The topological polar surface area (TPSA) is 91.3 Å². The van der Waals surface area contributed by atoms with E-state index in [9.17, 15) is 14.7 Å². The minimum atomic E-state index is -0.473. The van der Waals surface area contributed by atoms with Crippen LogP contribution in [0, 0.1) is 5.92 Å². The average molecular weight is 444 g/mol. The number of amides is 2. The van der Waals surface area contributed by atoms with Gasteiger partial charge in [-0.05, 0) is 44.5 Å². The molecule has 3 fully saturated rings. The van der Waals surface area contributed by atoms with Gasteiger partial charge >= 0.3 is 0 Å². The number of benzene rings is 1. The van der Waals surface area contributed by atoms with Gasteiger partial charge in [0, 0.05) is 49.3 Å². The Hall–Kier alpha value is -2.16. The van der Waals surface area contributed by atoms with Gasteiger partial charge in [-0.15, -0.1) is 0 Å². The molecule has 2 N–H and O–H groups in total. The highest BCUT2D eigenvalue weighted by molar-refractivity contribution is 5.93. The first-order chi connectivity index (χ1) is 15.5. The molecule has 0 aromatic heterocycles. The molecular formula is C24H33N3O5. The fraction of sp³-hybridized carbons (Fsp3) is 0.667. The van der Waals surface area contributed by atoms with E-state index in [1.165, 1.54) is 0 Å². The highest BCUT2D eigenvalue weighted by atomic mass is 16.6. The lowest BCUT2D eigenvalue weighted by atomic mass is 9.83. The zero-order chi connectivity index (χ0) is 22.2. The molecule has 32 heavy (non-hydrogen) atoms. The summed E-state index contributed by atoms with van der Waals surface area (Å²) in [4.78, 5) is 29.4. The highest BCUT2D eigenvalue weighted by Crippen LogP contribution is 2.47. The molecule has 5 rings (SSSR count). The van der Waals surface area contributed by atoms with Crippen molar-refractivity contribution >= 4 is 17.5 Å². The Kier molecular flexibility index (Phi) is 6.09. The van der Waals surface area contributed by atoms with Crippen LogP contribution in [0.1, 0.15) is 43.6 Å². The van der Waals surface area contributed by atoms with Crippen LogP contribution in [0.25, 0.3) is 0 Å².